The molecule has 0 bridgehead atoms. The molecule has 0 unspecified atom stereocenters. The number of amides is 1. The van der Waals surface area contributed by atoms with Crippen LogP contribution in [-0.4, -0.2) is 56.9 Å². The van der Waals surface area contributed by atoms with E-state index in [4.69, 9.17) is 13.9 Å². The number of rotatable bonds is 13. The summed E-state index contributed by atoms with van der Waals surface area (Å²) in [6.07, 6.45) is 5.16. The molecule has 0 atom stereocenters. The molecular weight excluding hydrogens is 492 g/mol. The molecule has 1 aliphatic rings. The predicted octanol–water partition coefficient (Wildman–Crippen LogP) is 4.33. The first-order chi connectivity index (χ1) is 17.9. The number of sulfonamides is 1. The number of carbonyl (C=O) groups is 1. The summed E-state index contributed by atoms with van der Waals surface area (Å²) < 4.78 is 43.9. The fraction of sp³-hybridized carbons (Fsp3) is 0.321. The first-order valence-electron chi connectivity index (χ1n) is 12.2. The van der Waals surface area contributed by atoms with Crippen LogP contribution < -0.4 is 9.47 Å². The second-order valence-electron chi connectivity index (χ2n) is 8.87. The molecule has 37 heavy (non-hydrogen) atoms. The molecule has 3 aromatic rings. The molecule has 1 amide bonds. The fourth-order valence-electron chi connectivity index (χ4n) is 4.01. The van der Waals surface area contributed by atoms with Gasteiger partial charge in [0.15, 0.2) is 11.5 Å². The molecule has 9 heteroatoms. The average molecular weight is 525 g/mol. The highest BCUT2D eigenvalue weighted by Gasteiger charge is 2.38. The highest BCUT2D eigenvalue weighted by Crippen LogP contribution is 2.30. The lowest BCUT2D eigenvalue weighted by atomic mass is 10.1. The van der Waals surface area contributed by atoms with Crippen molar-refractivity contribution in [2.24, 2.45) is 0 Å². The van der Waals surface area contributed by atoms with Crippen molar-refractivity contribution in [2.75, 3.05) is 27.3 Å². The molecule has 0 saturated heterocycles. The lowest BCUT2D eigenvalue weighted by Crippen LogP contribution is -2.43. The van der Waals surface area contributed by atoms with Crippen molar-refractivity contribution in [2.45, 2.75) is 31.8 Å². The van der Waals surface area contributed by atoms with Crippen LogP contribution in [0.2, 0.25) is 0 Å². The Morgan fingerprint density at radius 2 is 1.78 bits per heavy atom. The van der Waals surface area contributed by atoms with E-state index in [0.717, 1.165) is 24.0 Å². The number of carbonyl (C=O) groups excluding carboxylic acids is 1. The van der Waals surface area contributed by atoms with Crippen LogP contribution in [0.15, 0.2) is 76.8 Å². The number of nitrogens with zero attached hydrogens (tertiary/aromatic N) is 2. The maximum Gasteiger partial charge on any atom is 0.238 e. The van der Waals surface area contributed by atoms with Crippen LogP contribution in [0.4, 0.5) is 0 Å². The van der Waals surface area contributed by atoms with E-state index in [0.29, 0.717) is 30.2 Å². The molecule has 1 aliphatic carbocycles. The third-order valence-corrected chi connectivity index (χ3v) is 7.76. The van der Waals surface area contributed by atoms with E-state index >= 15 is 0 Å². The Hall–Kier alpha value is -3.56. The van der Waals surface area contributed by atoms with E-state index in [1.165, 1.54) is 9.71 Å². The third kappa shape index (κ3) is 7.24. The standard InChI is InChI=1S/C28H32N2O6S/c1-34-26-13-10-23(19-27(26)35-2)14-16-29(20-25-9-6-17-36-25)28(31)21-30(24-11-12-24)37(32,33)18-15-22-7-4-3-5-8-22/h3-10,13,15,17-19,24H,11-12,14,16,20-21H2,1-2H3. The number of ether oxygens (including phenoxy) is 2. The number of benzene rings is 2. The van der Waals surface area contributed by atoms with E-state index in [1.54, 1.807) is 43.6 Å². The van der Waals surface area contributed by atoms with Gasteiger partial charge in [0, 0.05) is 18.0 Å². The van der Waals surface area contributed by atoms with Gasteiger partial charge in [-0.15, -0.1) is 0 Å². The van der Waals surface area contributed by atoms with Crippen molar-refractivity contribution in [3.05, 3.63) is 89.2 Å². The van der Waals surface area contributed by atoms with Crippen LogP contribution in [0.1, 0.15) is 29.7 Å². The Morgan fingerprint density at radius 1 is 1.03 bits per heavy atom. The normalized spacial score (nSPS) is 13.7. The van der Waals surface area contributed by atoms with Gasteiger partial charge in [0.1, 0.15) is 5.76 Å². The molecule has 1 fully saturated rings. The Kier molecular flexibility index (Phi) is 8.68. The first-order valence-corrected chi connectivity index (χ1v) is 13.7. The number of furan rings is 1. The molecule has 0 aliphatic heterocycles. The maximum absolute atomic E-state index is 13.5. The van der Waals surface area contributed by atoms with Crippen LogP contribution in [-0.2, 0) is 27.8 Å². The van der Waals surface area contributed by atoms with E-state index in [-0.39, 0.29) is 25.0 Å². The van der Waals surface area contributed by atoms with Crippen LogP contribution in [0, 0.1) is 0 Å². The van der Waals surface area contributed by atoms with Gasteiger partial charge >= 0.3 is 0 Å². The van der Waals surface area contributed by atoms with E-state index in [2.05, 4.69) is 0 Å². The van der Waals surface area contributed by atoms with Crippen molar-refractivity contribution >= 4 is 22.0 Å². The summed E-state index contributed by atoms with van der Waals surface area (Å²) in [7, 11) is -0.624. The molecular formula is C28H32N2O6S. The van der Waals surface area contributed by atoms with Gasteiger partial charge in [0.05, 0.1) is 33.6 Å². The average Bonchev–Trinajstić information content (AvgIpc) is 3.62. The smallest absolute Gasteiger partial charge is 0.238 e. The van der Waals surface area contributed by atoms with Gasteiger partial charge < -0.3 is 18.8 Å². The zero-order valence-electron chi connectivity index (χ0n) is 21.1. The summed E-state index contributed by atoms with van der Waals surface area (Å²) in [6.45, 7) is 0.406. The summed E-state index contributed by atoms with van der Waals surface area (Å²) in [6, 6.07) is 18.3. The monoisotopic (exact) mass is 524 g/mol. The second-order valence-corrected chi connectivity index (χ2v) is 10.6. The Balaban J connectivity index is 1.49. The highest BCUT2D eigenvalue weighted by atomic mass is 32.2. The molecule has 1 aromatic heterocycles. The Morgan fingerprint density at radius 3 is 2.43 bits per heavy atom. The number of hydrogen-bond acceptors (Lipinski definition) is 6. The minimum absolute atomic E-state index is 0.161. The quantitative estimate of drug-likeness (QED) is 0.331. The number of methoxy groups -OCH3 is 2. The molecule has 0 N–H and O–H groups in total. The number of hydrogen-bond donors (Lipinski definition) is 0. The molecule has 196 valence electrons. The predicted molar refractivity (Wildman–Crippen MR) is 141 cm³/mol. The van der Waals surface area contributed by atoms with E-state index < -0.39 is 10.0 Å². The minimum Gasteiger partial charge on any atom is -0.493 e. The molecule has 1 heterocycles. The zero-order chi connectivity index (χ0) is 26.3. The molecule has 0 radical (unpaired) electrons. The van der Waals surface area contributed by atoms with Gasteiger partial charge in [-0.05, 0) is 60.7 Å². The van der Waals surface area contributed by atoms with Crippen LogP contribution in [0.3, 0.4) is 0 Å². The summed E-state index contributed by atoms with van der Waals surface area (Å²) in [5.41, 5.74) is 1.75. The van der Waals surface area contributed by atoms with Crippen LogP contribution >= 0.6 is 0 Å². The zero-order valence-corrected chi connectivity index (χ0v) is 21.9. The first kappa shape index (κ1) is 26.5. The van der Waals surface area contributed by atoms with Crippen molar-refractivity contribution in [3.8, 4) is 11.5 Å². The highest BCUT2D eigenvalue weighted by molar-refractivity contribution is 7.92. The van der Waals surface area contributed by atoms with Crippen molar-refractivity contribution in [1.82, 2.24) is 9.21 Å². The summed E-state index contributed by atoms with van der Waals surface area (Å²) in [5.74, 6) is 1.59. The van der Waals surface area contributed by atoms with Crippen molar-refractivity contribution in [1.29, 1.82) is 0 Å². The summed E-state index contributed by atoms with van der Waals surface area (Å²) in [4.78, 5) is 15.1. The van der Waals surface area contributed by atoms with Gasteiger partial charge in [-0.25, -0.2) is 8.42 Å². The molecule has 2 aromatic carbocycles. The summed E-state index contributed by atoms with van der Waals surface area (Å²) in [5, 5.41) is 1.19. The molecule has 1 saturated carbocycles. The largest absolute Gasteiger partial charge is 0.493 e. The van der Waals surface area contributed by atoms with Gasteiger partial charge in [-0.1, -0.05) is 36.4 Å². The lowest BCUT2D eigenvalue weighted by Gasteiger charge is -2.26. The second kappa shape index (κ2) is 12.1. The van der Waals surface area contributed by atoms with Gasteiger partial charge in [0.2, 0.25) is 15.9 Å². The fourth-order valence-corrected chi connectivity index (χ4v) is 5.41. The van der Waals surface area contributed by atoms with Crippen LogP contribution in [0.25, 0.3) is 6.08 Å². The van der Waals surface area contributed by atoms with Gasteiger partial charge in [0.25, 0.3) is 0 Å². The molecule has 0 spiro atoms. The Labute approximate surface area is 218 Å². The minimum atomic E-state index is -3.78. The third-order valence-electron chi connectivity index (χ3n) is 6.20. The SMILES string of the molecule is COc1ccc(CCN(Cc2ccco2)C(=O)CN(C2CC2)S(=O)(=O)C=Cc2ccccc2)cc1OC. The van der Waals surface area contributed by atoms with Crippen molar-refractivity contribution < 1.29 is 27.1 Å². The molecule has 8 nitrogen and oxygen atoms in total. The van der Waals surface area contributed by atoms with E-state index in [9.17, 15) is 13.2 Å². The summed E-state index contributed by atoms with van der Waals surface area (Å²) >= 11 is 0. The van der Waals surface area contributed by atoms with Crippen LogP contribution in [0.5, 0.6) is 11.5 Å². The Bertz CT molecular complexity index is 1300. The molecule has 4 rings (SSSR count). The lowest BCUT2D eigenvalue weighted by molar-refractivity contribution is -0.132. The van der Waals surface area contributed by atoms with Gasteiger partial charge in [-0.3, -0.25) is 4.79 Å². The van der Waals surface area contributed by atoms with E-state index in [1.807, 2.05) is 48.5 Å². The maximum atomic E-state index is 13.5. The van der Waals surface area contributed by atoms with Gasteiger partial charge in [-0.2, -0.15) is 4.31 Å². The van der Waals surface area contributed by atoms with Crippen molar-refractivity contribution in [3.63, 3.8) is 0 Å². The topological polar surface area (TPSA) is 89.3 Å².